The second kappa shape index (κ2) is 8.99. The summed E-state index contributed by atoms with van der Waals surface area (Å²) in [5, 5.41) is 0.367. The number of hydrogen-bond acceptors (Lipinski definition) is 5. The molecule has 1 rings (SSSR count). The van der Waals surface area contributed by atoms with E-state index in [2.05, 4.69) is 0 Å². The van der Waals surface area contributed by atoms with Crippen LogP contribution >= 0.6 is 58.4 Å². The fourth-order valence-electron chi connectivity index (χ4n) is 1.37. The number of nitrogens with zero attached hydrogens (tertiary/aromatic N) is 1. The fourth-order valence-corrected chi connectivity index (χ4v) is 4.99. The number of carbonyl (C=O) groups excluding carboxylic acids is 1. The van der Waals surface area contributed by atoms with Gasteiger partial charge in [0.15, 0.2) is 0 Å². The predicted octanol–water partition coefficient (Wildman–Crippen LogP) is 4.26. The molecule has 0 unspecified atom stereocenters. The first-order valence-electron chi connectivity index (χ1n) is 6.26. The van der Waals surface area contributed by atoms with Gasteiger partial charge in [-0.15, -0.1) is 3.71 Å². The highest BCUT2D eigenvalue weighted by atomic mass is 35.6. The van der Waals surface area contributed by atoms with E-state index in [9.17, 15) is 13.2 Å². The van der Waals surface area contributed by atoms with E-state index in [1.807, 2.05) is 6.92 Å². The van der Waals surface area contributed by atoms with E-state index in [1.165, 1.54) is 24.3 Å². The van der Waals surface area contributed by atoms with Crippen molar-refractivity contribution in [3.63, 3.8) is 0 Å². The van der Waals surface area contributed by atoms with E-state index in [1.54, 1.807) is 0 Å². The smallest absolute Gasteiger partial charge is 0.322 e. The first-order valence-corrected chi connectivity index (χ1v) is 9.98. The highest BCUT2D eigenvalue weighted by Gasteiger charge is 2.35. The van der Waals surface area contributed by atoms with Gasteiger partial charge in [-0.3, -0.25) is 4.79 Å². The number of rotatable bonds is 7. The number of sulfonamides is 1. The fraction of sp³-hybridized carbons (Fsp3) is 0.417. The molecule has 0 saturated heterocycles. The van der Waals surface area contributed by atoms with Crippen LogP contribution in [-0.4, -0.2) is 34.4 Å². The Morgan fingerprint density at radius 2 is 1.83 bits per heavy atom. The quantitative estimate of drug-likeness (QED) is 0.360. The second-order valence-electron chi connectivity index (χ2n) is 4.18. The Kier molecular flexibility index (Phi) is 8.27. The summed E-state index contributed by atoms with van der Waals surface area (Å²) in [6.07, 6.45) is 0.604. The molecule has 1 aromatic carbocycles. The van der Waals surface area contributed by atoms with Crippen LogP contribution in [0.5, 0.6) is 0 Å². The molecule has 0 spiro atoms. The lowest BCUT2D eigenvalue weighted by Crippen LogP contribution is -2.33. The van der Waals surface area contributed by atoms with Crippen molar-refractivity contribution in [1.82, 2.24) is 3.71 Å². The van der Waals surface area contributed by atoms with E-state index >= 15 is 0 Å². The lowest BCUT2D eigenvalue weighted by atomic mass is 10.4. The molecular formula is C12H13Cl4NO4S2. The predicted molar refractivity (Wildman–Crippen MR) is 94.5 cm³/mol. The third kappa shape index (κ3) is 7.25. The van der Waals surface area contributed by atoms with Gasteiger partial charge in [-0.2, -0.15) is 0 Å². The van der Waals surface area contributed by atoms with Crippen LogP contribution in [0, 0.1) is 0 Å². The molecule has 0 heterocycles. The lowest BCUT2D eigenvalue weighted by Gasteiger charge is -2.23. The number of alkyl halides is 3. The zero-order valence-corrected chi connectivity index (χ0v) is 16.5. The Morgan fingerprint density at radius 3 is 2.30 bits per heavy atom. The molecule has 0 aliphatic rings. The zero-order valence-electron chi connectivity index (χ0n) is 11.8. The van der Waals surface area contributed by atoms with Crippen molar-refractivity contribution in [2.24, 2.45) is 0 Å². The van der Waals surface area contributed by atoms with Crippen molar-refractivity contribution in [2.45, 2.75) is 21.4 Å². The van der Waals surface area contributed by atoms with Crippen molar-refractivity contribution in [1.29, 1.82) is 0 Å². The van der Waals surface area contributed by atoms with Gasteiger partial charge in [0.05, 0.1) is 11.5 Å². The maximum atomic E-state index is 12.6. The molecule has 0 aromatic heterocycles. The number of carbonyl (C=O) groups is 1. The van der Waals surface area contributed by atoms with Crippen LogP contribution in [0.4, 0.5) is 0 Å². The SMILES string of the molecule is CCCOC(=O)CN(SC(Cl)(Cl)Cl)S(=O)(=O)c1ccc(Cl)cc1. The van der Waals surface area contributed by atoms with Gasteiger partial charge >= 0.3 is 5.97 Å². The molecule has 0 aliphatic heterocycles. The Morgan fingerprint density at radius 1 is 1.26 bits per heavy atom. The second-order valence-corrected chi connectivity index (χ2v) is 10.9. The van der Waals surface area contributed by atoms with Crippen molar-refractivity contribution in [3.8, 4) is 0 Å². The van der Waals surface area contributed by atoms with E-state index in [0.29, 0.717) is 27.1 Å². The molecular weight excluding hydrogens is 428 g/mol. The Balaban J connectivity index is 3.06. The van der Waals surface area contributed by atoms with Crippen LogP contribution in [0.3, 0.4) is 0 Å². The summed E-state index contributed by atoms with van der Waals surface area (Å²) in [5.41, 5.74) is 0. The minimum atomic E-state index is -4.09. The maximum absolute atomic E-state index is 12.6. The van der Waals surface area contributed by atoms with Crippen molar-refractivity contribution >= 4 is 74.3 Å². The van der Waals surface area contributed by atoms with Gasteiger partial charge in [-0.25, -0.2) is 8.42 Å². The van der Waals surface area contributed by atoms with Crippen LogP contribution in [-0.2, 0) is 19.6 Å². The van der Waals surface area contributed by atoms with Gasteiger partial charge in [-0.1, -0.05) is 53.3 Å². The van der Waals surface area contributed by atoms with Gasteiger partial charge in [0.2, 0.25) is 0 Å². The molecule has 0 bridgehead atoms. The van der Waals surface area contributed by atoms with Crippen LogP contribution in [0.2, 0.25) is 5.02 Å². The average molecular weight is 441 g/mol. The number of hydrogen-bond donors (Lipinski definition) is 0. The third-order valence-corrected chi connectivity index (χ3v) is 6.07. The van der Waals surface area contributed by atoms with Crippen molar-refractivity contribution < 1.29 is 17.9 Å². The average Bonchev–Trinajstić information content (AvgIpc) is 2.43. The molecule has 0 radical (unpaired) electrons. The standard InChI is InChI=1S/C12H13Cl4NO4S2/c1-2-7-21-11(18)8-17(22-12(14,15)16)23(19,20)10-5-3-9(13)4-6-10/h3-6H,2,7-8H2,1H3. The van der Waals surface area contributed by atoms with Gasteiger partial charge in [0, 0.05) is 5.02 Å². The van der Waals surface area contributed by atoms with Crippen LogP contribution in [0.15, 0.2) is 29.2 Å². The highest BCUT2D eigenvalue weighted by molar-refractivity contribution is 8.11. The van der Waals surface area contributed by atoms with Crippen molar-refractivity contribution in [2.75, 3.05) is 13.2 Å². The summed E-state index contributed by atoms with van der Waals surface area (Å²) in [6, 6.07) is 5.39. The molecule has 5 nitrogen and oxygen atoms in total. The van der Waals surface area contributed by atoms with Gasteiger partial charge in [-0.05, 0) is 42.6 Å². The first-order chi connectivity index (χ1) is 10.6. The summed E-state index contributed by atoms with van der Waals surface area (Å²) in [4.78, 5) is 11.6. The molecule has 0 atom stereocenters. The van der Waals surface area contributed by atoms with E-state index in [-0.39, 0.29) is 11.5 Å². The van der Waals surface area contributed by atoms with Gasteiger partial charge in [0.1, 0.15) is 6.54 Å². The van der Waals surface area contributed by atoms with Crippen LogP contribution in [0.25, 0.3) is 0 Å². The van der Waals surface area contributed by atoms with E-state index in [4.69, 9.17) is 51.1 Å². The largest absolute Gasteiger partial charge is 0.465 e. The molecule has 11 heteroatoms. The maximum Gasteiger partial charge on any atom is 0.322 e. The normalized spacial score (nSPS) is 12.4. The first kappa shape index (κ1) is 21.2. The van der Waals surface area contributed by atoms with Crippen LogP contribution < -0.4 is 0 Å². The summed E-state index contributed by atoms with van der Waals surface area (Å²) < 4.78 is 28.8. The van der Waals surface area contributed by atoms with Crippen molar-refractivity contribution in [3.05, 3.63) is 29.3 Å². The third-order valence-electron chi connectivity index (χ3n) is 2.31. The number of benzene rings is 1. The van der Waals surface area contributed by atoms with Crippen LogP contribution in [0.1, 0.15) is 13.3 Å². The molecule has 0 aliphatic carbocycles. The Bertz CT molecular complexity index is 631. The van der Waals surface area contributed by atoms with Gasteiger partial charge < -0.3 is 4.74 Å². The molecule has 0 fully saturated rings. The summed E-state index contributed by atoms with van der Waals surface area (Å²) in [6.45, 7) is 1.39. The van der Waals surface area contributed by atoms with E-state index < -0.39 is 25.7 Å². The monoisotopic (exact) mass is 439 g/mol. The molecule has 0 N–H and O–H groups in total. The lowest BCUT2D eigenvalue weighted by molar-refractivity contribution is -0.143. The molecule has 1 aromatic rings. The Labute approximate surface area is 159 Å². The number of ether oxygens (including phenoxy) is 1. The number of esters is 1. The highest BCUT2D eigenvalue weighted by Crippen LogP contribution is 2.43. The van der Waals surface area contributed by atoms with Gasteiger partial charge in [0.25, 0.3) is 13.1 Å². The molecule has 0 amide bonds. The topological polar surface area (TPSA) is 63.7 Å². The number of halogens is 4. The Hall–Kier alpha value is 0.110. The minimum Gasteiger partial charge on any atom is -0.465 e. The molecule has 0 saturated carbocycles. The molecule has 23 heavy (non-hydrogen) atoms. The minimum absolute atomic E-state index is 0.0908. The summed E-state index contributed by atoms with van der Waals surface area (Å²) >= 11 is 23.1. The van der Waals surface area contributed by atoms with E-state index in [0.717, 1.165) is 0 Å². The summed E-state index contributed by atoms with van der Waals surface area (Å²) in [7, 11) is -4.09. The zero-order chi connectivity index (χ0) is 17.7. The molecule has 130 valence electrons. The summed E-state index contributed by atoms with van der Waals surface area (Å²) in [5.74, 6) is -0.744.